The number of nitrogens with one attached hydrogen (secondary N) is 3. The van der Waals surface area contributed by atoms with Crippen LogP contribution in [0.5, 0.6) is 0 Å². The van der Waals surface area contributed by atoms with E-state index in [1.54, 1.807) is 0 Å². The van der Waals surface area contributed by atoms with Gasteiger partial charge < -0.3 is 16.0 Å². The molecular weight excluding hydrogens is 266 g/mol. The van der Waals surface area contributed by atoms with E-state index in [-0.39, 0.29) is 11.8 Å². The first-order chi connectivity index (χ1) is 10.2. The van der Waals surface area contributed by atoms with Gasteiger partial charge >= 0.3 is 0 Å². The number of unbranched alkanes of at least 4 members (excludes halogenated alkanes) is 4. The first-order valence-corrected chi connectivity index (χ1v) is 8.38. The Labute approximate surface area is 129 Å². The second-order valence-electron chi connectivity index (χ2n) is 5.42. The van der Waals surface area contributed by atoms with Crippen molar-refractivity contribution in [3.8, 4) is 0 Å². The van der Waals surface area contributed by atoms with Gasteiger partial charge in [-0.3, -0.25) is 9.59 Å². The minimum Gasteiger partial charge on any atom is -0.356 e. The lowest BCUT2D eigenvalue weighted by molar-refractivity contribution is -0.121. The van der Waals surface area contributed by atoms with Crippen molar-refractivity contribution in [1.29, 1.82) is 0 Å². The molecule has 21 heavy (non-hydrogen) atoms. The average molecular weight is 299 g/mol. The van der Waals surface area contributed by atoms with Crippen LogP contribution in [0.3, 0.4) is 0 Å². The Kier molecular flexibility index (Phi) is 14.5. The summed E-state index contributed by atoms with van der Waals surface area (Å²) in [5.74, 6) is 0.250. The second-order valence-corrected chi connectivity index (χ2v) is 5.42. The number of carbonyl (C=O) groups excluding carboxylic acids is 2. The highest BCUT2D eigenvalue weighted by atomic mass is 16.2. The van der Waals surface area contributed by atoms with Crippen molar-refractivity contribution in [3.05, 3.63) is 0 Å². The molecule has 0 saturated carbocycles. The molecule has 5 heteroatoms. The topological polar surface area (TPSA) is 70.2 Å². The molecule has 0 aromatic heterocycles. The molecule has 0 aliphatic heterocycles. The van der Waals surface area contributed by atoms with Crippen molar-refractivity contribution in [2.45, 2.75) is 64.7 Å². The summed E-state index contributed by atoms with van der Waals surface area (Å²) >= 11 is 0. The molecule has 0 aliphatic carbocycles. The smallest absolute Gasteiger partial charge is 0.219 e. The molecule has 0 fully saturated rings. The van der Waals surface area contributed by atoms with Gasteiger partial charge in [0.05, 0.1) is 0 Å². The van der Waals surface area contributed by atoms with E-state index in [0.717, 1.165) is 45.2 Å². The summed E-state index contributed by atoms with van der Waals surface area (Å²) in [7, 11) is 1.92. The van der Waals surface area contributed by atoms with Gasteiger partial charge in [0.1, 0.15) is 0 Å². The Hall–Kier alpha value is -1.10. The summed E-state index contributed by atoms with van der Waals surface area (Å²) in [6.07, 6.45) is 8.21. The molecule has 0 aromatic carbocycles. The van der Waals surface area contributed by atoms with Gasteiger partial charge in [-0.05, 0) is 45.7 Å². The fourth-order valence-electron chi connectivity index (χ4n) is 2.01. The summed E-state index contributed by atoms with van der Waals surface area (Å²) in [5, 5.41) is 8.89. The zero-order valence-corrected chi connectivity index (χ0v) is 13.8. The molecule has 0 bridgehead atoms. The van der Waals surface area contributed by atoms with Gasteiger partial charge in [-0.1, -0.05) is 19.8 Å². The molecule has 0 heterocycles. The number of hydrogen-bond donors (Lipinski definition) is 3. The van der Waals surface area contributed by atoms with Crippen LogP contribution in [-0.2, 0) is 9.59 Å². The molecule has 0 radical (unpaired) electrons. The monoisotopic (exact) mass is 299 g/mol. The van der Waals surface area contributed by atoms with Gasteiger partial charge in [0.2, 0.25) is 11.8 Å². The van der Waals surface area contributed by atoms with Gasteiger partial charge in [-0.15, -0.1) is 0 Å². The number of hydrogen-bond acceptors (Lipinski definition) is 3. The van der Waals surface area contributed by atoms with Crippen LogP contribution in [0.25, 0.3) is 0 Å². The Bertz CT molecular complexity index is 244. The van der Waals surface area contributed by atoms with E-state index < -0.39 is 0 Å². The molecule has 0 atom stereocenters. The summed E-state index contributed by atoms with van der Waals surface area (Å²) < 4.78 is 0. The van der Waals surface area contributed by atoms with Crippen LogP contribution >= 0.6 is 0 Å². The van der Waals surface area contributed by atoms with Crippen LogP contribution in [0, 0.1) is 0 Å². The first kappa shape index (κ1) is 19.9. The molecule has 0 unspecified atom stereocenters. The molecule has 3 N–H and O–H groups in total. The second kappa shape index (κ2) is 15.3. The molecule has 124 valence electrons. The van der Waals surface area contributed by atoms with Gasteiger partial charge in [-0.2, -0.15) is 0 Å². The SMILES string of the molecule is CCCCCNC(=O)CCCCNC(=O)CCCCNC. The normalized spacial score (nSPS) is 10.4. The lowest BCUT2D eigenvalue weighted by Crippen LogP contribution is -2.26. The Morgan fingerprint density at radius 2 is 1.19 bits per heavy atom. The Balaban J connectivity index is 3.30. The van der Waals surface area contributed by atoms with E-state index in [0.29, 0.717) is 19.4 Å². The van der Waals surface area contributed by atoms with Crippen LogP contribution in [0.2, 0.25) is 0 Å². The molecule has 0 saturated heterocycles. The third kappa shape index (κ3) is 15.1. The zero-order chi connectivity index (χ0) is 15.8. The van der Waals surface area contributed by atoms with Crippen molar-refractivity contribution >= 4 is 11.8 Å². The van der Waals surface area contributed by atoms with Crippen LogP contribution in [0.1, 0.15) is 64.7 Å². The standard InChI is InChI=1S/C16H33N3O2/c1-3-4-7-13-18-16(21)11-6-9-14-19-15(20)10-5-8-12-17-2/h17H,3-14H2,1-2H3,(H,18,21)(H,19,20). The quantitative estimate of drug-likeness (QED) is 0.429. The average Bonchev–Trinajstić information content (AvgIpc) is 2.48. The van der Waals surface area contributed by atoms with E-state index in [9.17, 15) is 9.59 Å². The van der Waals surface area contributed by atoms with E-state index in [4.69, 9.17) is 0 Å². The van der Waals surface area contributed by atoms with Gasteiger partial charge in [0.15, 0.2) is 0 Å². The zero-order valence-electron chi connectivity index (χ0n) is 13.8. The van der Waals surface area contributed by atoms with Crippen molar-refractivity contribution in [1.82, 2.24) is 16.0 Å². The molecular formula is C16H33N3O2. The highest BCUT2D eigenvalue weighted by Crippen LogP contribution is 1.97. The van der Waals surface area contributed by atoms with Crippen molar-refractivity contribution < 1.29 is 9.59 Å². The summed E-state index contributed by atoms with van der Waals surface area (Å²) in [6, 6.07) is 0. The lowest BCUT2D eigenvalue weighted by atomic mass is 10.2. The number of rotatable bonds is 14. The maximum atomic E-state index is 11.5. The first-order valence-electron chi connectivity index (χ1n) is 8.38. The van der Waals surface area contributed by atoms with E-state index in [2.05, 4.69) is 22.9 Å². The van der Waals surface area contributed by atoms with Crippen LogP contribution in [-0.4, -0.2) is 38.5 Å². The fourth-order valence-corrected chi connectivity index (χ4v) is 2.01. The number of amides is 2. The van der Waals surface area contributed by atoms with Crippen molar-refractivity contribution in [3.63, 3.8) is 0 Å². The van der Waals surface area contributed by atoms with Crippen LogP contribution in [0.15, 0.2) is 0 Å². The Morgan fingerprint density at radius 3 is 1.67 bits per heavy atom. The van der Waals surface area contributed by atoms with E-state index >= 15 is 0 Å². The van der Waals surface area contributed by atoms with E-state index in [1.807, 2.05) is 7.05 Å². The molecule has 0 spiro atoms. The van der Waals surface area contributed by atoms with Gasteiger partial charge in [0.25, 0.3) is 0 Å². The highest BCUT2D eigenvalue weighted by Gasteiger charge is 2.02. The maximum Gasteiger partial charge on any atom is 0.219 e. The largest absolute Gasteiger partial charge is 0.356 e. The predicted octanol–water partition coefficient (Wildman–Crippen LogP) is 1.97. The van der Waals surface area contributed by atoms with E-state index in [1.165, 1.54) is 12.8 Å². The van der Waals surface area contributed by atoms with Crippen LogP contribution in [0.4, 0.5) is 0 Å². The number of carbonyl (C=O) groups is 2. The maximum absolute atomic E-state index is 11.5. The van der Waals surface area contributed by atoms with Crippen molar-refractivity contribution in [2.24, 2.45) is 0 Å². The highest BCUT2D eigenvalue weighted by molar-refractivity contribution is 5.76. The molecule has 0 aliphatic rings. The molecule has 5 nitrogen and oxygen atoms in total. The predicted molar refractivity (Wildman–Crippen MR) is 87.2 cm³/mol. The van der Waals surface area contributed by atoms with Gasteiger partial charge in [-0.25, -0.2) is 0 Å². The molecule has 0 aromatic rings. The van der Waals surface area contributed by atoms with Gasteiger partial charge in [0, 0.05) is 25.9 Å². The third-order valence-electron chi connectivity index (χ3n) is 3.34. The van der Waals surface area contributed by atoms with Crippen LogP contribution < -0.4 is 16.0 Å². The minimum atomic E-state index is 0.120. The molecule has 0 rings (SSSR count). The lowest BCUT2D eigenvalue weighted by Gasteiger charge is -2.06. The van der Waals surface area contributed by atoms with Crippen molar-refractivity contribution in [2.75, 3.05) is 26.7 Å². The fraction of sp³-hybridized carbons (Fsp3) is 0.875. The minimum absolute atomic E-state index is 0.120. The summed E-state index contributed by atoms with van der Waals surface area (Å²) in [4.78, 5) is 23.0. The summed E-state index contributed by atoms with van der Waals surface area (Å²) in [6.45, 7) is 4.57. The third-order valence-corrected chi connectivity index (χ3v) is 3.34. The molecule has 2 amide bonds. The Morgan fingerprint density at radius 1 is 0.714 bits per heavy atom. The summed E-state index contributed by atoms with van der Waals surface area (Å²) in [5.41, 5.74) is 0.